The number of amides is 2. The quantitative estimate of drug-likeness (QED) is 0.481. The van der Waals surface area contributed by atoms with Crippen molar-refractivity contribution < 1.29 is 40.7 Å². The number of aromatic nitrogens is 2. The van der Waals surface area contributed by atoms with Gasteiger partial charge in [0, 0.05) is 31.5 Å². The van der Waals surface area contributed by atoms with Crippen LogP contribution in [-0.2, 0) is 27.0 Å². The molecule has 2 atom stereocenters. The molecule has 1 aromatic carbocycles. The van der Waals surface area contributed by atoms with Crippen LogP contribution in [0.15, 0.2) is 29.2 Å². The Labute approximate surface area is 245 Å². The van der Waals surface area contributed by atoms with Crippen molar-refractivity contribution in [2.24, 2.45) is 7.05 Å². The van der Waals surface area contributed by atoms with Gasteiger partial charge in [-0.3, -0.25) is 9.48 Å². The van der Waals surface area contributed by atoms with Gasteiger partial charge in [-0.25, -0.2) is 13.2 Å². The summed E-state index contributed by atoms with van der Waals surface area (Å²) in [5.41, 5.74) is -0.725. The van der Waals surface area contributed by atoms with Gasteiger partial charge in [0.1, 0.15) is 17.0 Å². The summed E-state index contributed by atoms with van der Waals surface area (Å²) in [4.78, 5) is 27.1. The van der Waals surface area contributed by atoms with Gasteiger partial charge in [-0.1, -0.05) is 32.4 Å². The Morgan fingerprint density at radius 2 is 1.90 bits per heavy atom. The Balaban J connectivity index is 1.62. The maximum Gasteiger partial charge on any atom is 0.422 e. The van der Waals surface area contributed by atoms with Crippen LogP contribution in [0.1, 0.15) is 56.2 Å². The summed E-state index contributed by atoms with van der Waals surface area (Å²) in [6.07, 6.45) is -6.39. The van der Waals surface area contributed by atoms with Gasteiger partial charge in [0.05, 0.1) is 26.9 Å². The third-order valence-electron chi connectivity index (χ3n) is 6.94. The SMILES string of the molecule is Cn1nc(C(C)(C)C)cc1C(=O)N1C[C@H](S(=O)(=O)c2ccc(OCC(F)(F)F)cc2Cl)C[C@@H]1OC(=O)NC1(C#N)CC1. The lowest BCUT2D eigenvalue weighted by Gasteiger charge is -2.24. The third-order valence-corrected chi connectivity index (χ3v) is 9.55. The zero-order chi connectivity index (χ0) is 31.3. The van der Waals surface area contributed by atoms with Crippen molar-refractivity contribution in [1.82, 2.24) is 20.0 Å². The molecule has 1 aromatic heterocycles. The summed E-state index contributed by atoms with van der Waals surface area (Å²) in [6, 6.07) is 6.59. The Kier molecular flexibility index (Phi) is 8.20. The van der Waals surface area contributed by atoms with Gasteiger partial charge in [-0.2, -0.15) is 23.5 Å². The fourth-order valence-electron chi connectivity index (χ4n) is 4.38. The molecule has 228 valence electrons. The van der Waals surface area contributed by atoms with Crippen LogP contribution in [0.25, 0.3) is 0 Å². The lowest BCUT2D eigenvalue weighted by Crippen LogP contribution is -2.44. The molecule has 42 heavy (non-hydrogen) atoms. The molecule has 2 aromatic rings. The summed E-state index contributed by atoms with van der Waals surface area (Å²) in [5.74, 6) is -0.922. The smallest absolute Gasteiger partial charge is 0.422 e. The molecule has 1 saturated heterocycles. The van der Waals surface area contributed by atoms with E-state index in [2.05, 4.69) is 15.2 Å². The van der Waals surface area contributed by atoms with Crippen molar-refractivity contribution in [2.45, 2.75) is 73.5 Å². The van der Waals surface area contributed by atoms with E-state index in [0.717, 1.165) is 23.1 Å². The second-order valence-electron chi connectivity index (χ2n) is 11.3. The first kappa shape index (κ1) is 31.4. The number of carbonyl (C=O) groups is 2. The summed E-state index contributed by atoms with van der Waals surface area (Å²) < 4.78 is 76.3. The molecular formula is C26H29ClF3N5O6S. The van der Waals surface area contributed by atoms with Gasteiger partial charge in [-0.15, -0.1) is 0 Å². The molecule has 2 amide bonds. The van der Waals surface area contributed by atoms with Gasteiger partial charge in [-0.05, 0) is 31.0 Å². The number of rotatable bonds is 7. The van der Waals surface area contributed by atoms with Gasteiger partial charge in [0.25, 0.3) is 5.91 Å². The van der Waals surface area contributed by atoms with Crippen molar-refractivity contribution in [3.05, 3.63) is 40.7 Å². The zero-order valence-corrected chi connectivity index (χ0v) is 24.7. The van der Waals surface area contributed by atoms with E-state index < -0.39 is 57.1 Å². The lowest BCUT2D eigenvalue weighted by atomic mass is 9.92. The van der Waals surface area contributed by atoms with Gasteiger partial charge < -0.3 is 19.7 Å². The van der Waals surface area contributed by atoms with E-state index in [4.69, 9.17) is 16.3 Å². The maximum atomic E-state index is 13.7. The van der Waals surface area contributed by atoms with E-state index in [1.807, 2.05) is 26.8 Å². The van der Waals surface area contributed by atoms with Crippen molar-refractivity contribution in [3.63, 3.8) is 0 Å². The number of aryl methyl sites for hydroxylation is 1. The first-order valence-corrected chi connectivity index (χ1v) is 14.8. The molecule has 0 radical (unpaired) electrons. The molecule has 2 aliphatic rings. The molecule has 16 heteroatoms. The average molecular weight is 632 g/mol. The van der Waals surface area contributed by atoms with Crippen molar-refractivity contribution in [2.75, 3.05) is 13.2 Å². The minimum Gasteiger partial charge on any atom is -0.484 e. The molecular weight excluding hydrogens is 603 g/mol. The largest absolute Gasteiger partial charge is 0.484 e. The number of nitriles is 1. The average Bonchev–Trinajstić information content (AvgIpc) is 3.31. The third kappa shape index (κ3) is 6.75. The molecule has 1 saturated carbocycles. The lowest BCUT2D eigenvalue weighted by molar-refractivity contribution is -0.153. The normalized spacial score (nSPS) is 20.1. The molecule has 11 nitrogen and oxygen atoms in total. The molecule has 0 bridgehead atoms. The van der Waals surface area contributed by atoms with Crippen LogP contribution in [0.2, 0.25) is 5.02 Å². The van der Waals surface area contributed by atoms with Crippen molar-refractivity contribution in [1.29, 1.82) is 5.26 Å². The van der Waals surface area contributed by atoms with E-state index in [1.54, 1.807) is 13.1 Å². The highest BCUT2D eigenvalue weighted by Gasteiger charge is 2.48. The molecule has 1 N–H and O–H groups in total. The van der Waals surface area contributed by atoms with Crippen LogP contribution in [0.4, 0.5) is 18.0 Å². The van der Waals surface area contributed by atoms with E-state index >= 15 is 0 Å². The Morgan fingerprint density at radius 1 is 1.24 bits per heavy atom. The molecule has 1 aliphatic carbocycles. The van der Waals surface area contributed by atoms with Crippen LogP contribution < -0.4 is 10.1 Å². The highest BCUT2D eigenvalue weighted by molar-refractivity contribution is 7.92. The molecule has 1 aliphatic heterocycles. The maximum absolute atomic E-state index is 13.7. The molecule has 2 heterocycles. The number of benzene rings is 1. The number of alkyl carbamates (subject to hydrolysis) is 1. The van der Waals surface area contributed by atoms with Crippen LogP contribution in [0.3, 0.4) is 0 Å². The number of alkyl halides is 3. The second kappa shape index (κ2) is 11.0. The first-order valence-electron chi connectivity index (χ1n) is 12.8. The summed E-state index contributed by atoms with van der Waals surface area (Å²) in [7, 11) is -2.74. The number of carbonyl (C=O) groups excluding carboxylic acids is 2. The predicted molar refractivity (Wildman–Crippen MR) is 143 cm³/mol. The van der Waals surface area contributed by atoms with Crippen molar-refractivity contribution in [3.8, 4) is 11.8 Å². The molecule has 2 fully saturated rings. The summed E-state index contributed by atoms with van der Waals surface area (Å²) in [5, 5.41) is 14.5. The monoisotopic (exact) mass is 631 g/mol. The predicted octanol–water partition coefficient (Wildman–Crippen LogP) is 4.11. The standard InChI is InChI=1S/C26H29ClF3N5O6S/c1-24(2,3)20-11-18(34(4)33-20)22(36)35-12-16(10-21(35)41-23(37)32-25(13-31)7-8-25)42(38,39)19-6-5-15(9-17(19)27)40-14-26(28,29)30/h5-6,9,11,16,21H,7-8,10,12,14H2,1-4H3,(H,32,37)/t16-,21+/m1/s1. The molecule has 4 rings (SSSR count). The fraction of sp³-hybridized carbons (Fsp3) is 0.538. The van der Waals surface area contributed by atoms with Gasteiger partial charge in [0.15, 0.2) is 22.7 Å². The first-order chi connectivity index (χ1) is 19.3. The van der Waals surface area contributed by atoms with E-state index in [9.17, 15) is 36.4 Å². The molecule has 0 unspecified atom stereocenters. The summed E-state index contributed by atoms with van der Waals surface area (Å²) >= 11 is 6.16. The molecule has 0 spiro atoms. The topological polar surface area (TPSA) is 144 Å². The van der Waals surface area contributed by atoms with Crippen LogP contribution in [-0.4, -0.2) is 71.4 Å². The Morgan fingerprint density at radius 3 is 2.43 bits per heavy atom. The number of sulfone groups is 1. The van der Waals surface area contributed by atoms with Gasteiger partial charge in [0.2, 0.25) is 0 Å². The van der Waals surface area contributed by atoms with Crippen LogP contribution >= 0.6 is 11.6 Å². The van der Waals surface area contributed by atoms with Crippen LogP contribution in [0, 0.1) is 11.3 Å². The number of nitrogens with one attached hydrogen (secondary N) is 1. The minimum absolute atomic E-state index is 0.131. The number of likely N-dealkylation sites (tertiary alicyclic amines) is 1. The zero-order valence-electron chi connectivity index (χ0n) is 23.2. The Bertz CT molecular complexity index is 1540. The second-order valence-corrected chi connectivity index (χ2v) is 13.9. The van der Waals surface area contributed by atoms with E-state index in [-0.39, 0.29) is 34.3 Å². The van der Waals surface area contributed by atoms with E-state index in [0.29, 0.717) is 18.5 Å². The fourth-order valence-corrected chi connectivity index (χ4v) is 6.60. The number of halogens is 4. The summed E-state index contributed by atoms with van der Waals surface area (Å²) in [6.45, 7) is 3.74. The van der Waals surface area contributed by atoms with E-state index in [1.165, 1.54) is 4.68 Å². The highest BCUT2D eigenvalue weighted by Crippen LogP contribution is 2.37. The number of hydrogen-bond acceptors (Lipinski definition) is 8. The van der Waals surface area contributed by atoms with Gasteiger partial charge >= 0.3 is 12.3 Å². The minimum atomic E-state index is -4.60. The Hall–Kier alpha value is -3.51. The van der Waals surface area contributed by atoms with Crippen LogP contribution in [0.5, 0.6) is 5.75 Å². The number of hydrogen-bond donors (Lipinski definition) is 1. The highest BCUT2D eigenvalue weighted by atomic mass is 35.5. The number of ether oxygens (including phenoxy) is 2. The van der Waals surface area contributed by atoms with Crippen molar-refractivity contribution >= 4 is 33.4 Å². The number of nitrogens with zero attached hydrogens (tertiary/aromatic N) is 4.